The first kappa shape index (κ1) is 14.7. The van der Waals surface area contributed by atoms with Crippen molar-refractivity contribution in [1.29, 1.82) is 0 Å². The van der Waals surface area contributed by atoms with Crippen LogP contribution >= 0.6 is 0 Å². The van der Waals surface area contributed by atoms with Crippen molar-refractivity contribution in [2.24, 2.45) is 0 Å². The second-order valence-electron chi connectivity index (χ2n) is 4.30. The molecule has 0 radical (unpaired) electrons. The molecule has 21 heavy (non-hydrogen) atoms. The molecule has 0 amide bonds. The lowest BCUT2D eigenvalue weighted by molar-refractivity contribution is 0.0693. The first-order chi connectivity index (χ1) is 10.1. The molecule has 110 valence electrons. The Morgan fingerprint density at radius 2 is 1.67 bits per heavy atom. The van der Waals surface area contributed by atoms with Gasteiger partial charge in [-0.15, -0.1) is 0 Å². The van der Waals surface area contributed by atoms with Gasteiger partial charge in [-0.25, -0.2) is 4.79 Å². The van der Waals surface area contributed by atoms with Crippen molar-refractivity contribution < 1.29 is 24.1 Å². The fraction of sp³-hybridized carbons (Fsp3) is 0.188. The fourth-order valence-electron chi connectivity index (χ4n) is 1.83. The number of aromatic carboxylic acids is 1. The summed E-state index contributed by atoms with van der Waals surface area (Å²) in [5.74, 6) is 0.571. The highest BCUT2D eigenvalue weighted by atomic mass is 16.5. The number of methoxy groups -OCH3 is 2. The van der Waals surface area contributed by atoms with Gasteiger partial charge in [-0.1, -0.05) is 12.1 Å². The number of benzene rings is 2. The lowest BCUT2D eigenvalue weighted by atomic mass is 10.2. The number of hydrogen-bond acceptors (Lipinski definition) is 4. The van der Waals surface area contributed by atoms with Crippen molar-refractivity contribution in [3.63, 3.8) is 0 Å². The Morgan fingerprint density at radius 1 is 1.00 bits per heavy atom. The lowest BCUT2D eigenvalue weighted by Gasteiger charge is -2.10. The fourth-order valence-corrected chi connectivity index (χ4v) is 1.83. The summed E-state index contributed by atoms with van der Waals surface area (Å²) in [5.41, 5.74) is 1.09. The van der Waals surface area contributed by atoms with Crippen molar-refractivity contribution in [2.75, 3.05) is 14.2 Å². The summed E-state index contributed by atoms with van der Waals surface area (Å²) in [6, 6.07) is 12.1. The number of rotatable bonds is 6. The Kier molecular flexibility index (Phi) is 4.66. The summed E-state index contributed by atoms with van der Waals surface area (Å²) in [7, 11) is 3.04. The molecule has 2 aromatic carbocycles. The van der Waals surface area contributed by atoms with Crippen LogP contribution in [0.1, 0.15) is 15.9 Å². The molecule has 2 aromatic rings. The van der Waals surface area contributed by atoms with E-state index in [2.05, 4.69) is 0 Å². The van der Waals surface area contributed by atoms with Crippen LogP contribution in [0.3, 0.4) is 0 Å². The standard InChI is InChI=1S/C16H16O5/c1-19-12-5-3-11(4-6-12)10-21-13-7-8-14(16(17)18)15(9-13)20-2/h3-9H,10H2,1-2H3,(H,17,18). The van der Waals surface area contributed by atoms with E-state index in [4.69, 9.17) is 19.3 Å². The van der Waals surface area contributed by atoms with Crippen LogP contribution in [-0.4, -0.2) is 25.3 Å². The minimum atomic E-state index is -1.03. The van der Waals surface area contributed by atoms with E-state index in [0.717, 1.165) is 11.3 Å². The molecule has 0 aliphatic rings. The molecular formula is C16H16O5. The van der Waals surface area contributed by atoms with Gasteiger partial charge in [0.05, 0.1) is 14.2 Å². The van der Waals surface area contributed by atoms with E-state index in [9.17, 15) is 4.79 Å². The second-order valence-corrected chi connectivity index (χ2v) is 4.30. The van der Waals surface area contributed by atoms with Gasteiger partial charge in [0.25, 0.3) is 0 Å². The van der Waals surface area contributed by atoms with Gasteiger partial charge in [-0.3, -0.25) is 0 Å². The molecule has 0 aliphatic heterocycles. The van der Waals surface area contributed by atoms with Crippen molar-refractivity contribution in [3.8, 4) is 17.2 Å². The number of ether oxygens (including phenoxy) is 3. The quantitative estimate of drug-likeness (QED) is 0.885. The van der Waals surface area contributed by atoms with Crippen molar-refractivity contribution >= 4 is 5.97 Å². The Labute approximate surface area is 122 Å². The van der Waals surface area contributed by atoms with Gasteiger partial charge in [0.15, 0.2) is 0 Å². The van der Waals surface area contributed by atoms with Gasteiger partial charge >= 0.3 is 5.97 Å². The summed E-state index contributed by atoms with van der Waals surface area (Å²) in [6.45, 7) is 0.375. The number of hydrogen-bond donors (Lipinski definition) is 1. The highest BCUT2D eigenvalue weighted by molar-refractivity contribution is 5.91. The topological polar surface area (TPSA) is 65.0 Å². The average molecular weight is 288 g/mol. The summed E-state index contributed by atoms with van der Waals surface area (Å²) >= 11 is 0. The number of carbonyl (C=O) groups is 1. The van der Waals surface area contributed by atoms with Crippen molar-refractivity contribution in [1.82, 2.24) is 0 Å². The molecule has 0 spiro atoms. The predicted molar refractivity (Wildman–Crippen MR) is 77.3 cm³/mol. The molecular weight excluding hydrogens is 272 g/mol. The summed E-state index contributed by atoms with van der Waals surface area (Å²) in [4.78, 5) is 11.0. The smallest absolute Gasteiger partial charge is 0.339 e. The van der Waals surface area contributed by atoms with Gasteiger partial charge in [0.2, 0.25) is 0 Å². The Balaban J connectivity index is 2.07. The van der Waals surface area contributed by atoms with Crippen molar-refractivity contribution in [2.45, 2.75) is 6.61 Å². The molecule has 0 bridgehead atoms. The molecule has 0 aromatic heterocycles. The van der Waals surface area contributed by atoms with Crippen molar-refractivity contribution in [3.05, 3.63) is 53.6 Å². The zero-order valence-electron chi connectivity index (χ0n) is 11.8. The molecule has 1 N–H and O–H groups in total. The van der Waals surface area contributed by atoms with E-state index in [1.54, 1.807) is 19.2 Å². The third-order valence-electron chi connectivity index (χ3n) is 2.97. The first-order valence-electron chi connectivity index (χ1n) is 6.31. The summed E-state index contributed by atoms with van der Waals surface area (Å²) in [5, 5.41) is 9.01. The van der Waals surface area contributed by atoms with Crippen LogP contribution in [0.25, 0.3) is 0 Å². The van der Waals surface area contributed by atoms with Crippen LogP contribution in [0.15, 0.2) is 42.5 Å². The molecule has 0 atom stereocenters. The SMILES string of the molecule is COc1ccc(COc2ccc(C(=O)O)c(OC)c2)cc1. The molecule has 0 saturated heterocycles. The maximum Gasteiger partial charge on any atom is 0.339 e. The van der Waals surface area contributed by atoms with Gasteiger partial charge in [-0.05, 0) is 29.8 Å². The molecule has 5 heteroatoms. The Bertz CT molecular complexity index is 619. The number of carboxylic acid groups (broad SMARTS) is 1. The van der Waals surface area contributed by atoms with E-state index >= 15 is 0 Å². The Morgan fingerprint density at radius 3 is 2.24 bits per heavy atom. The molecule has 0 fully saturated rings. The molecule has 0 saturated carbocycles. The van der Waals surface area contributed by atoms with E-state index in [1.807, 2.05) is 24.3 Å². The Hall–Kier alpha value is -2.69. The maximum absolute atomic E-state index is 11.0. The zero-order chi connectivity index (χ0) is 15.2. The van der Waals surface area contributed by atoms with Gasteiger partial charge in [0, 0.05) is 6.07 Å². The highest BCUT2D eigenvalue weighted by Gasteiger charge is 2.11. The second kappa shape index (κ2) is 6.65. The normalized spacial score (nSPS) is 10.0. The largest absolute Gasteiger partial charge is 0.497 e. The lowest BCUT2D eigenvalue weighted by Crippen LogP contribution is -2.01. The average Bonchev–Trinajstić information content (AvgIpc) is 2.52. The molecule has 0 unspecified atom stereocenters. The minimum Gasteiger partial charge on any atom is -0.497 e. The third kappa shape index (κ3) is 3.66. The van der Waals surface area contributed by atoms with Crippen LogP contribution in [0.2, 0.25) is 0 Å². The zero-order valence-corrected chi connectivity index (χ0v) is 11.8. The maximum atomic E-state index is 11.0. The molecule has 2 rings (SSSR count). The van der Waals surface area contributed by atoms with Crippen LogP contribution in [0, 0.1) is 0 Å². The number of carboxylic acids is 1. The van der Waals surface area contributed by atoms with Gasteiger partial charge < -0.3 is 19.3 Å². The van der Waals surface area contributed by atoms with Crippen LogP contribution in [0.5, 0.6) is 17.2 Å². The summed E-state index contributed by atoms with van der Waals surface area (Å²) < 4.78 is 15.8. The van der Waals surface area contributed by atoms with E-state index in [0.29, 0.717) is 12.4 Å². The van der Waals surface area contributed by atoms with Gasteiger partial charge in [-0.2, -0.15) is 0 Å². The van der Waals surface area contributed by atoms with E-state index in [-0.39, 0.29) is 11.3 Å². The van der Waals surface area contributed by atoms with Gasteiger partial charge in [0.1, 0.15) is 29.4 Å². The minimum absolute atomic E-state index is 0.106. The van der Waals surface area contributed by atoms with Crippen LogP contribution in [-0.2, 0) is 6.61 Å². The van der Waals surface area contributed by atoms with Crippen LogP contribution in [0.4, 0.5) is 0 Å². The van der Waals surface area contributed by atoms with E-state index in [1.165, 1.54) is 13.2 Å². The van der Waals surface area contributed by atoms with Crippen LogP contribution < -0.4 is 14.2 Å². The molecule has 5 nitrogen and oxygen atoms in total. The van der Waals surface area contributed by atoms with E-state index < -0.39 is 5.97 Å². The highest BCUT2D eigenvalue weighted by Crippen LogP contribution is 2.25. The molecule has 0 heterocycles. The third-order valence-corrected chi connectivity index (χ3v) is 2.97. The first-order valence-corrected chi connectivity index (χ1v) is 6.31. The summed E-state index contributed by atoms with van der Waals surface area (Å²) in [6.07, 6.45) is 0. The molecule has 0 aliphatic carbocycles. The predicted octanol–water partition coefficient (Wildman–Crippen LogP) is 2.98. The monoisotopic (exact) mass is 288 g/mol.